The summed E-state index contributed by atoms with van der Waals surface area (Å²) in [5.74, 6) is -2.40. The van der Waals surface area contributed by atoms with Gasteiger partial charge in [0.2, 0.25) is 0 Å². The minimum absolute atomic E-state index is 0.0152. The third-order valence-electron chi connectivity index (χ3n) is 3.84. The molecule has 1 aliphatic heterocycles. The third kappa shape index (κ3) is 3.60. The average Bonchev–Trinajstić information content (AvgIpc) is 2.93. The Bertz CT molecular complexity index is 581. The third-order valence-corrected chi connectivity index (χ3v) is 3.84. The molecule has 1 amide bonds. The van der Waals surface area contributed by atoms with Crippen LogP contribution in [-0.4, -0.2) is 52.7 Å². The normalized spacial score (nSPS) is 28.4. The van der Waals surface area contributed by atoms with Gasteiger partial charge in [-0.1, -0.05) is 5.16 Å². The van der Waals surface area contributed by atoms with Crippen LogP contribution in [0.25, 0.3) is 0 Å². The Labute approximate surface area is 139 Å². The van der Waals surface area contributed by atoms with Gasteiger partial charge in [0.25, 0.3) is 0 Å². The van der Waals surface area contributed by atoms with Gasteiger partial charge in [-0.3, -0.25) is 0 Å². The van der Waals surface area contributed by atoms with Crippen LogP contribution in [0.4, 0.5) is 4.79 Å². The summed E-state index contributed by atoms with van der Waals surface area (Å²) in [6, 6.07) is 0. The van der Waals surface area contributed by atoms with Crippen LogP contribution in [-0.2, 0) is 23.9 Å². The SMILES string of the molecule is CCOC(=O)C1=NO[C@@H]2C[C@](NC(=O)OC(C)(C)C)(C(=O)O)C[C@H]12. The molecule has 1 heterocycles. The fourth-order valence-corrected chi connectivity index (χ4v) is 2.87. The van der Waals surface area contributed by atoms with Gasteiger partial charge in [-0.25, -0.2) is 14.4 Å². The highest BCUT2D eigenvalue weighted by atomic mass is 16.6. The number of carboxylic acid groups (broad SMARTS) is 1. The number of carbonyl (C=O) groups excluding carboxylic acids is 2. The molecule has 0 aromatic heterocycles. The fraction of sp³-hybridized carbons (Fsp3) is 0.733. The molecule has 0 aromatic rings. The number of hydrogen-bond acceptors (Lipinski definition) is 7. The highest BCUT2D eigenvalue weighted by Crippen LogP contribution is 2.41. The van der Waals surface area contributed by atoms with E-state index in [4.69, 9.17) is 14.3 Å². The van der Waals surface area contributed by atoms with Gasteiger partial charge < -0.3 is 24.7 Å². The van der Waals surface area contributed by atoms with E-state index in [1.165, 1.54) is 0 Å². The van der Waals surface area contributed by atoms with Crippen molar-refractivity contribution in [3.05, 3.63) is 0 Å². The van der Waals surface area contributed by atoms with Gasteiger partial charge in [0.1, 0.15) is 17.2 Å². The zero-order chi connectivity index (χ0) is 18.1. The van der Waals surface area contributed by atoms with Crippen LogP contribution < -0.4 is 5.32 Å². The van der Waals surface area contributed by atoms with Gasteiger partial charge in [0.05, 0.1) is 12.5 Å². The molecular weight excluding hydrogens is 320 g/mol. The van der Waals surface area contributed by atoms with Crippen LogP contribution in [0.3, 0.4) is 0 Å². The molecule has 1 aliphatic carbocycles. The summed E-state index contributed by atoms with van der Waals surface area (Å²) in [5.41, 5.74) is -2.28. The lowest BCUT2D eigenvalue weighted by Gasteiger charge is -2.28. The van der Waals surface area contributed by atoms with Crippen molar-refractivity contribution >= 4 is 23.7 Å². The second kappa shape index (κ2) is 6.29. The Balaban J connectivity index is 2.14. The molecule has 9 heteroatoms. The number of ether oxygens (including phenoxy) is 2. The number of fused-ring (bicyclic) bond motifs is 1. The number of alkyl carbamates (subject to hydrolysis) is 1. The van der Waals surface area contributed by atoms with Crippen LogP contribution in [0, 0.1) is 5.92 Å². The number of carboxylic acids is 1. The maximum Gasteiger partial charge on any atom is 0.408 e. The molecule has 0 unspecified atom stereocenters. The van der Waals surface area contributed by atoms with E-state index in [2.05, 4.69) is 10.5 Å². The van der Waals surface area contributed by atoms with Gasteiger partial charge in [0.15, 0.2) is 5.71 Å². The van der Waals surface area contributed by atoms with Crippen LogP contribution in [0.2, 0.25) is 0 Å². The standard InChI is InChI=1S/C15H22N2O7/c1-5-22-11(18)10-8-6-15(12(19)20,7-9(8)24-17-10)16-13(21)23-14(2,3)4/h8-9H,5-7H2,1-4H3,(H,16,21)(H,19,20)/t8-,9+,15-/m0/s1. The molecule has 0 aromatic carbocycles. The molecule has 2 N–H and O–H groups in total. The van der Waals surface area contributed by atoms with E-state index < -0.39 is 41.2 Å². The van der Waals surface area contributed by atoms with Crippen LogP contribution in [0.1, 0.15) is 40.5 Å². The smallest absolute Gasteiger partial charge is 0.408 e. The Hall–Kier alpha value is -2.32. The lowest BCUT2D eigenvalue weighted by atomic mass is 9.94. The minimum atomic E-state index is -1.58. The molecule has 9 nitrogen and oxygen atoms in total. The molecule has 134 valence electrons. The summed E-state index contributed by atoms with van der Waals surface area (Å²) < 4.78 is 10.0. The van der Waals surface area contributed by atoms with E-state index in [0.29, 0.717) is 0 Å². The predicted molar refractivity (Wildman–Crippen MR) is 81.4 cm³/mol. The lowest BCUT2D eigenvalue weighted by Crippen LogP contribution is -2.54. The number of hydrogen-bond donors (Lipinski definition) is 2. The first-order valence-corrected chi connectivity index (χ1v) is 7.73. The number of nitrogens with one attached hydrogen (secondary N) is 1. The number of nitrogens with zero attached hydrogens (tertiary/aromatic N) is 1. The van der Waals surface area contributed by atoms with Crippen molar-refractivity contribution in [2.24, 2.45) is 11.1 Å². The van der Waals surface area contributed by atoms with Crippen molar-refractivity contribution in [3.8, 4) is 0 Å². The van der Waals surface area contributed by atoms with E-state index in [-0.39, 0.29) is 25.2 Å². The molecule has 0 bridgehead atoms. The Morgan fingerprint density at radius 1 is 1.38 bits per heavy atom. The van der Waals surface area contributed by atoms with Gasteiger partial charge in [-0.2, -0.15) is 0 Å². The van der Waals surface area contributed by atoms with Crippen molar-refractivity contribution in [1.29, 1.82) is 0 Å². The Morgan fingerprint density at radius 2 is 2.04 bits per heavy atom. The number of esters is 1. The lowest BCUT2D eigenvalue weighted by molar-refractivity contribution is -0.145. The average molecular weight is 342 g/mol. The minimum Gasteiger partial charge on any atom is -0.480 e. The van der Waals surface area contributed by atoms with E-state index >= 15 is 0 Å². The summed E-state index contributed by atoms with van der Waals surface area (Å²) in [6.07, 6.45) is -1.47. The first-order chi connectivity index (χ1) is 11.1. The van der Waals surface area contributed by atoms with Crippen molar-refractivity contribution in [2.45, 2.75) is 57.8 Å². The first kappa shape index (κ1) is 18.0. The van der Waals surface area contributed by atoms with Crippen molar-refractivity contribution in [1.82, 2.24) is 5.32 Å². The summed E-state index contributed by atoms with van der Waals surface area (Å²) >= 11 is 0. The van der Waals surface area contributed by atoms with Gasteiger partial charge >= 0.3 is 18.0 Å². The molecule has 0 saturated heterocycles. The number of aliphatic carboxylic acids is 1. The predicted octanol–water partition coefficient (Wildman–Crippen LogP) is 1.06. The van der Waals surface area contributed by atoms with E-state index in [0.717, 1.165) is 0 Å². The molecule has 2 aliphatic rings. The molecule has 24 heavy (non-hydrogen) atoms. The summed E-state index contributed by atoms with van der Waals surface area (Å²) in [6.45, 7) is 6.87. The molecule has 0 radical (unpaired) electrons. The molecule has 0 spiro atoms. The quantitative estimate of drug-likeness (QED) is 0.732. The second-order valence-electron chi connectivity index (χ2n) is 6.87. The topological polar surface area (TPSA) is 124 Å². The van der Waals surface area contributed by atoms with Crippen molar-refractivity contribution < 1.29 is 33.8 Å². The van der Waals surface area contributed by atoms with Gasteiger partial charge in [-0.15, -0.1) is 0 Å². The fourth-order valence-electron chi connectivity index (χ4n) is 2.87. The zero-order valence-electron chi connectivity index (χ0n) is 14.1. The van der Waals surface area contributed by atoms with E-state index in [1.807, 2.05) is 0 Å². The number of carbonyl (C=O) groups is 3. The monoisotopic (exact) mass is 342 g/mol. The molecule has 1 saturated carbocycles. The van der Waals surface area contributed by atoms with Crippen LogP contribution >= 0.6 is 0 Å². The Kier molecular flexibility index (Phi) is 4.73. The zero-order valence-corrected chi connectivity index (χ0v) is 14.1. The maximum atomic E-state index is 12.0. The van der Waals surface area contributed by atoms with E-state index in [9.17, 15) is 19.5 Å². The second-order valence-corrected chi connectivity index (χ2v) is 6.87. The summed E-state index contributed by atoms with van der Waals surface area (Å²) in [7, 11) is 0. The Morgan fingerprint density at radius 3 is 2.58 bits per heavy atom. The van der Waals surface area contributed by atoms with Crippen LogP contribution in [0.15, 0.2) is 5.16 Å². The van der Waals surface area contributed by atoms with Crippen molar-refractivity contribution in [3.63, 3.8) is 0 Å². The highest BCUT2D eigenvalue weighted by molar-refractivity contribution is 6.37. The van der Waals surface area contributed by atoms with Gasteiger partial charge in [-0.05, 0) is 34.1 Å². The van der Waals surface area contributed by atoms with E-state index in [1.54, 1.807) is 27.7 Å². The van der Waals surface area contributed by atoms with Gasteiger partial charge in [0, 0.05) is 6.42 Å². The molecule has 3 atom stereocenters. The number of amides is 1. The van der Waals surface area contributed by atoms with Crippen LogP contribution in [0.5, 0.6) is 0 Å². The molecule has 2 rings (SSSR count). The van der Waals surface area contributed by atoms with Crippen molar-refractivity contribution in [2.75, 3.05) is 6.61 Å². The molecular formula is C15H22N2O7. The largest absolute Gasteiger partial charge is 0.480 e. The first-order valence-electron chi connectivity index (χ1n) is 7.73. The summed E-state index contributed by atoms with van der Waals surface area (Å²) in [4.78, 5) is 40.8. The summed E-state index contributed by atoms with van der Waals surface area (Å²) in [5, 5.41) is 15.7. The molecule has 1 fully saturated rings. The number of rotatable bonds is 4. The maximum absolute atomic E-state index is 12.0. The number of oxime groups is 1. The highest BCUT2D eigenvalue weighted by Gasteiger charge is 2.58.